The van der Waals surface area contributed by atoms with Crippen LogP contribution in [0.4, 0.5) is 0 Å². The second-order valence-electron chi connectivity index (χ2n) is 1.27. The fourth-order valence-electron chi connectivity index (χ4n) is 0.349. The van der Waals surface area contributed by atoms with Crippen molar-refractivity contribution in [2.45, 2.75) is 6.16 Å². The third-order valence-electron chi connectivity index (χ3n) is 0.683. The van der Waals surface area contributed by atoms with E-state index in [-0.39, 0.29) is 0 Å². The summed E-state index contributed by atoms with van der Waals surface area (Å²) < 4.78 is 15.7. The van der Waals surface area contributed by atoms with Gasteiger partial charge in [0.2, 0.25) is 0 Å². The predicted octanol–water partition coefficient (Wildman–Crippen LogP) is -0.412. The van der Waals surface area contributed by atoms with Crippen molar-refractivity contribution in [3.8, 4) is 25.0 Å². The van der Waals surface area contributed by atoms with Crippen molar-refractivity contribution < 1.29 is 18.9 Å². The summed E-state index contributed by atoms with van der Waals surface area (Å²) in [6.45, 7) is 0. The van der Waals surface area contributed by atoms with E-state index in [9.17, 15) is 0 Å². The molecule has 0 aliphatic heterocycles. The molecule has 0 aliphatic carbocycles. The van der Waals surface area contributed by atoms with Crippen molar-refractivity contribution in [2.24, 2.45) is 0 Å². The standard InChI is InChI=1S/C5N4O4/c6-1-10-5(11-2-7,12-3-8)13-4-9. The van der Waals surface area contributed by atoms with E-state index in [2.05, 4.69) is 18.9 Å². The molecule has 0 bridgehead atoms. The molecule has 0 heterocycles. The van der Waals surface area contributed by atoms with Crippen LogP contribution in [0.3, 0.4) is 0 Å². The summed E-state index contributed by atoms with van der Waals surface area (Å²) >= 11 is 0. The molecule has 0 N–H and O–H groups in total. The summed E-state index contributed by atoms with van der Waals surface area (Å²) in [5, 5.41) is 32.2. The second-order valence-corrected chi connectivity index (χ2v) is 1.27. The summed E-state index contributed by atoms with van der Waals surface area (Å²) in [5.41, 5.74) is 0. The minimum absolute atomic E-state index is 1.03. The van der Waals surface area contributed by atoms with Gasteiger partial charge in [0.25, 0.3) is 25.0 Å². The number of rotatable bonds is 4. The van der Waals surface area contributed by atoms with Gasteiger partial charge in [0, 0.05) is 0 Å². The predicted molar refractivity (Wildman–Crippen MR) is 29.5 cm³/mol. The Morgan fingerprint density at radius 3 is 1.00 bits per heavy atom. The van der Waals surface area contributed by atoms with Crippen LogP contribution in [0.15, 0.2) is 0 Å². The van der Waals surface area contributed by atoms with E-state index >= 15 is 0 Å². The monoisotopic (exact) mass is 180 g/mol. The van der Waals surface area contributed by atoms with Crippen LogP contribution >= 0.6 is 0 Å². The third kappa shape index (κ3) is 2.71. The van der Waals surface area contributed by atoms with Crippen LogP contribution in [0.25, 0.3) is 0 Å². The fraction of sp³-hybridized carbons (Fsp3) is 0.200. The Kier molecular flexibility index (Phi) is 3.83. The summed E-state index contributed by atoms with van der Waals surface area (Å²) in [7, 11) is 0. The number of hydrogen-bond acceptors (Lipinski definition) is 8. The Morgan fingerprint density at radius 2 is 0.846 bits per heavy atom. The quantitative estimate of drug-likeness (QED) is 0.421. The van der Waals surface area contributed by atoms with E-state index in [4.69, 9.17) is 21.0 Å². The molecule has 8 nitrogen and oxygen atoms in total. The molecule has 0 aromatic carbocycles. The molecule has 0 radical (unpaired) electrons. The average Bonchev–Trinajstić information content (AvgIpc) is 2.06. The minimum atomic E-state index is -2.74. The first-order valence-corrected chi connectivity index (χ1v) is 2.53. The van der Waals surface area contributed by atoms with Gasteiger partial charge < -0.3 is 18.9 Å². The van der Waals surface area contributed by atoms with E-state index in [0.717, 1.165) is 25.0 Å². The van der Waals surface area contributed by atoms with Crippen molar-refractivity contribution in [3.05, 3.63) is 0 Å². The SMILES string of the molecule is N#COC(OC#N)(OC#N)OC#N. The van der Waals surface area contributed by atoms with Gasteiger partial charge in [-0.15, -0.1) is 21.0 Å². The third-order valence-corrected chi connectivity index (χ3v) is 0.683. The molecule has 0 aromatic heterocycles. The lowest BCUT2D eigenvalue weighted by Crippen LogP contribution is -2.37. The van der Waals surface area contributed by atoms with Gasteiger partial charge in [-0.05, 0) is 0 Å². The van der Waals surface area contributed by atoms with Gasteiger partial charge in [-0.3, -0.25) is 0 Å². The number of hydrogen-bond donors (Lipinski definition) is 0. The van der Waals surface area contributed by atoms with Crippen LogP contribution in [0.5, 0.6) is 0 Å². The molecule has 0 saturated heterocycles. The van der Waals surface area contributed by atoms with Gasteiger partial charge in [-0.2, -0.15) is 0 Å². The first-order valence-electron chi connectivity index (χ1n) is 2.53. The lowest BCUT2D eigenvalue weighted by molar-refractivity contribution is -0.422. The van der Waals surface area contributed by atoms with Crippen molar-refractivity contribution in [1.82, 2.24) is 0 Å². The molecule has 0 atom stereocenters. The van der Waals surface area contributed by atoms with Gasteiger partial charge in [-0.25, -0.2) is 0 Å². The summed E-state index contributed by atoms with van der Waals surface area (Å²) in [4.78, 5) is 0. The molecule has 0 aromatic rings. The van der Waals surface area contributed by atoms with Crippen LogP contribution < -0.4 is 0 Å². The minimum Gasteiger partial charge on any atom is -0.308 e. The summed E-state index contributed by atoms with van der Waals surface area (Å²) in [6.07, 6.45) is 1.40. The number of ether oxygens (including phenoxy) is 4. The van der Waals surface area contributed by atoms with Crippen molar-refractivity contribution in [1.29, 1.82) is 21.0 Å². The van der Waals surface area contributed by atoms with Crippen LogP contribution in [-0.2, 0) is 18.9 Å². The lowest BCUT2D eigenvalue weighted by atomic mass is 11.0. The smallest absolute Gasteiger partial charge is 0.308 e. The van der Waals surface area contributed by atoms with Crippen molar-refractivity contribution >= 4 is 0 Å². The van der Waals surface area contributed by atoms with E-state index in [1.54, 1.807) is 0 Å². The van der Waals surface area contributed by atoms with Crippen LogP contribution in [-0.4, -0.2) is 6.16 Å². The average molecular weight is 180 g/mol. The van der Waals surface area contributed by atoms with E-state index in [1.165, 1.54) is 0 Å². The topological polar surface area (TPSA) is 132 Å². The van der Waals surface area contributed by atoms with Crippen molar-refractivity contribution in [2.75, 3.05) is 0 Å². The van der Waals surface area contributed by atoms with Crippen molar-refractivity contribution in [3.63, 3.8) is 0 Å². The lowest BCUT2D eigenvalue weighted by Gasteiger charge is -2.16. The normalized spacial score (nSPS) is 7.69. The highest BCUT2D eigenvalue weighted by atomic mass is 17.0. The Hall–Kier alpha value is -2.84. The number of nitrogens with zero attached hydrogens (tertiary/aromatic N) is 4. The highest BCUT2D eigenvalue weighted by molar-refractivity contribution is 4.67. The van der Waals surface area contributed by atoms with Gasteiger partial charge in [0.15, 0.2) is 0 Å². The summed E-state index contributed by atoms with van der Waals surface area (Å²) in [6, 6.07) is 0. The van der Waals surface area contributed by atoms with Crippen LogP contribution in [0, 0.1) is 46.1 Å². The maximum atomic E-state index is 8.04. The fourth-order valence-corrected chi connectivity index (χ4v) is 0.349. The Balaban J connectivity index is 4.66. The molecule has 0 aliphatic rings. The van der Waals surface area contributed by atoms with E-state index in [1.807, 2.05) is 0 Å². The molecule has 64 valence electrons. The van der Waals surface area contributed by atoms with Gasteiger partial charge >= 0.3 is 6.16 Å². The van der Waals surface area contributed by atoms with Crippen LogP contribution in [0.1, 0.15) is 0 Å². The zero-order chi connectivity index (χ0) is 10.2. The molecular formula is C5N4O4. The van der Waals surface area contributed by atoms with Gasteiger partial charge in [0.1, 0.15) is 0 Å². The second kappa shape index (κ2) is 4.90. The Morgan fingerprint density at radius 1 is 0.615 bits per heavy atom. The molecule has 0 saturated carbocycles. The van der Waals surface area contributed by atoms with E-state index in [0.29, 0.717) is 0 Å². The largest absolute Gasteiger partial charge is 0.649 e. The molecule has 8 heteroatoms. The molecule has 0 fully saturated rings. The Labute approximate surface area is 72.2 Å². The van der Waals surface area contributed by atoms with Crippen LogP contribution in [0.2, 0.25) is 0 Å². The molecule has 0 rings (SSSR count). The highest BCUT2D eigenvalue weighted by Gasteiger charge is 2.44. The van der Waals surface area contributed by atoms with Gasteiger partial charge in [0.05, 0.1) is 0 Å². The Bertz CT molecular complexity index is 257. The molecule has 0 unspecified atom stereocenters. The zero-order valence-corrected chi connectivity index (χ0v) is 5.92. The molecule has 0 spiro atoms. The molecule has 13 heavy (non-hydrogen) atoms. The zero-order valence-electron chi connectivity index (χ0n) is 5.92. The van der Waals surface area contributed by atoms with Gasteiger partial charge in [-0.1, -0.05) is 0 Å². The maximum absolute atomic E-state index is 8.04. The first kappa shape index (κ1) is 10.2. The highest BCUT2D eigenvalue weighted by Crippen LogP contribution is 2.15. The maximum Gasteiger partial charge on any atom is 0.649 e. The molecule has 0 amide bonds. The van der Waals surface area contributed by atoms with E-state index < -0.39 is 6.16 Å². The first-order chi connectivity index (χ1) is 6.24. The number of nitriles is 4. The molecular weight excluding hydrogens is 180 g/mol. The summed E-state index contributed by atoms with van der Waals surface area (Å²) in [5.74, 6) is 0.